The molecule has 1 saturated carbocycles. The highest BCUT2D eigenvalue weighted by Crippen LogP contribution is 2.31. The van der Waals surface area contributed by atoms with Crippen molar-refractivity contribution < 1.29 is 4.79 Å². The number of hydrogen-bond acceptors (Lipinski definition) is 3. The zero-order valence-corrected chi connectivity index (χ0v) is 18.1. The number of fused-ring (bicyclic) bond motifs is 1. The number of hydrogen-bond donors (Lipinski definition) is 1. The number of carbonyl (C=O) groups excluding carboxylic acids is 1. The summed E-state index contributed by atoms with van der Waals surface area (Å²) >= 11 is 0. The van der Waals surface area contributed by atoms with E-state index in [1.165, 1.54) is 37.6 Å². The van der Waals surface area contributed by atoms with E-state index in [1.807, 2.05) is 0 Å². The Hall–Kier alpha value is -2.04. The summed E-state index contributed by atoms with van der Waals surface area (Å²) in [7, 11) is 0. The van der Waals surface area contributed by atoms with Gasteiger partial charge in [0.15, 0.2) is 0 Å². The lowest BCUT2D eigenvalue weighted by Crippen LogP contribution is -2.46. The molecule has 158 valence electrons. The Morgan fingerprint density at radius 1 is 1.17 bits per heavy atom. The molecule has 2 aromatic rings. The van der Waals surface area contributed by atoms with E-state index in [1.54, 1.807) is 0 Å². The van der Waals surface area contributed by atoms with Gasteiger partial charge in [0.2, 0.25) is 11.9 Å². The van der Waals surface area contributed by atoms with Gasteiger partial charge in [0.1, 0.15) is 0 Å². The predicted octanol–water partition coefficient (Wildman–Crippen LogP) is 4.75. The van der Waals surface area contributed by atoms with Crippen molar-refractivity contribution in [1.82, 2.24) is 14.9 Å². The van der Waals surface area contributed by atoms with Gasteiger partial charge in [0, 0.05) is 25.7 Å². The van der Waals surface area contributed by atoms with Gasteiger partial charge >= 0.3 is 0 Å². The predicted molar refractivity (Wildman–Crippen MR) is 119 cm³/mol. The smallest absolute Gasteiger partial charge is 0.225 e. The molecule has 29 heavy (non-hydrogen) atoms. The molecule has 1 aliphatic heterocycles. The number of nitrogens with zero attached hydrogens (tertiary/aromatic N) is 3. The van der Waals surface area contributed by atoms with E-state index < -0.39 is 0 Å². The average molecular weight is 397 g/mol. The molecule has 4 rings (SSSR count). The first kappa shape index (κ1) is 20.2. The summed E-state index contributed by atoms with van der Waals surface area (Å²) in [4.78, 5) is 20.2. The second kappa shape index (κ2) is 9.19. The standard InChI is InChI=1S/C24H36N4O/c1-3-18(2)25-23(29)20-12-9-15-27(17-20)24-26-21-13-7-8-14-22(21)28(24)16-19-10-5-4-6-11-19/h7-8,13-14,18-20H,3-6,9-12,15-17H2,1-2H3,(H,25,29)/t18-,20+/m0/s1. The van der Waals surface area contributed by atoms with Crippen molar-refractivity contribution in [3.63, 3.8) is 0 Å². The van der Waals surface area contributed by atoms with Gasteiger partial charge in [-0.05, 0) is 57.1 Å². The molecular formula is C24H36N4O. The molecule has 2 atom stereocenters. The van der Waals surface area contributed by atoms with Gasteiger partial charge < -0.3 is 14.8 Å². The van der Waals surface area contributed by atoms with E-state index >= 15 is 0 Å². The molecule has 5 heteroatoms. The molecule has 0 spiro atoms. The van der Waals surface area contributed by atoms with Crippen molar-refractivity contribution in [2.24, 2.45) is 11.8 Å². The first-order valence-electron chi connectivity index (χ1n) is 11.7. The van der Waals surface area contributed by atoms with Gasteiger partial charge in [0.25, 0.3) is 0 Å². The SMILES string of the molecule is CC[C@H](C)NC(=O)[C@@H]1CCCN(c2nc3ccccc3n2CC2CCCCC2)C1. The number of carbonyl (C=O) groups is 1. The van der Waals surface area contributed by atoms with Crippen LogP contribution in [0.25, 0.3) is 11.0 Å². The molecule has 1 aromatic heterocycles. The zero-order valence-electron chi connectivity index (χ0n) is 18.1. The van der Waals surface area contributed by atoms with Crippen molar-refractivity contribution in [1.29, 1.82) is 0 Å². The number of anilines is 1. The number of amides is 1. The Balaban J connectivity index is 1.57. The van der Waals surface area contributed by atoms with Gasteiger partial charge in [-0.2, -0.15) is 0 Å². The van der Waals surface area contributed by atoms with Gasteiger partial charge in [-0.25, -0.2) is 4.98 Å². The summed E-state index contributed by atoms with van der Waals surface area (Å²) in [5.74, 6) is 2.08. The second-order valence-electron chi connectivity index (χ2n) is 9.12. The molecule has 0 unspecified atom stereocenters. The Labute approximate surface area is 174 Å². The number of piperidine rings is 1. The molecule has 1 aromatic carbocycles. The van der Waals surface area contributed by atoms with E-state index in [2.05, 4.69) is 52.9 Å². The van der Waals surface area contributed by atoms with Crippen LogP contribution in [-0.4, -0.2) is 34.6 Å². The minimum absolute atomic E-state index is 0.0562. The lowest BCUT2D eigenvalue weighted by atomic mass is 9.89. The molecule has 2 aliphatic rings. The maximum atomic E-state index is 12.8. The van der Waals surface area contributed by atoms with Gasteiger partial charge in [-0.3, -0.25) is 4.79 Å². The van der Waals surface area contributed by atoms with Gasteiger partial charge in [0.05, 0.1) is 17.0 Å². The molecule has 2 heterocycles. The summed E-state index contributed by atoms with van der Waals surface area (Å²) in [5.41, 5.74) is 2.31. The Kier molecular flexibility index (Phi) is 6.41. The molecule has 1 saturated heterocycles. The van der Waals surface area contributed by atoms with Crippen molar-refractivity contribution in [3.8, 4) is 0 Å². The fourth-order valence-electron chi connectivity index (χ4n) is 4.95. The summed E-state index contributed by atoms with van der Waals surface area (Å²) in [6, 6.07) is 8.75. The second-order valence-corrected chi connectivity index (χ2v) is 9.12. The van der Waals surface area contributed by atoms with Crippen LogP contribution in [0.5, 0.6) is 0 Å². The number of rotatable bonds is 6. The molecule has 1 N–H and O–H groups in total. The van der Waals surface area contributed by atoms with Crippen LogP contribution in [0.4, 0.5) is 5.95 Å². The topological polar surface area (TPSA) is 50.2 Å². The van der Waals surface area contributed by atoms with E-state index in [9.17, 15) is 4.79 Å². The zero-order chi connectivity index (χ0) is 20.2. The number of imidazole rings is 1. The number of aromatic nitrogens is 2. The minimum atomic E-state index is 0.0562. The average Bonchev–Trinajstić information content (AvgIpc) is 3.13. The first-order chi connectivity index (χ1) is 14.2. The lowest BCUT2D eigenvalue weighted by Gasteiger charge is -2.34. The normalized spacial score (nSPS) is 22.0. The van der Waals surface area contributed by atoms with Crippen LogP contribution in [0.2, 0.25) is 0 Å². The van der Waals surface area contributed by atoms with Crippen LogP contribution >= 0.6 is 0 Å². The number of nitrogens with one attached hydrogen (secondary N) is 1. The highest BCUT2D eigenvalue weighted by molar-refractivity contribution is 5.81. The van der Waals surface area contributed by atoms with Crippen LogP contribution < -0.4 is 10.2 Å². The Morgan fingerprint density at radius 2 is 1.97 bits per heavy atom. The van der Waals surface area contributed by atoms with Crippen molar-refractivity contribution in [3.05, 3.63) is 24.3 Å². The maximum absolute atomic E-state index is 12.8. The molecule has 1 aliphatic carbocycles. The molecule has 0 bridgehead atoms. The fourth-order valence-corrected chi connectivity index (χ4v) is 4.95. The van der Waals surface area contributed by atoms with Crippen molar-refractivity contribution in [2.45, 2.75) is 77.8 Å². The van der Waals surface area contributed by atoms with Crippen LogP contribution in [-0.2, 0) is 11.3 Å². The third-order valence-electron chi connectivity index (χ3n) is 6.88. The van der Waals surface area contributed by atoms with E-state index in [4.69, 9.17) is 4.98 Å². The third kappa shape index (κ3) is 4.59. The highest BCUT2D eigenvalue weighted by atomic mass is 16.2. The fraction of sp³-hybridized carbons (Fsp3) is 0.667. The Morgan fingerprint density at radius 3 is 2.76 bits per heavy atom. The van der Waals surface area contributed by atoms with Crippen molar-refractivity contribution >= 4 is 22.9 Å². The maximum Gasteiger partial charge on any atom is 0.225 e. The third-order valence-corrected chi connectivity index (χ3v) is 6.88. The van der Waals surface area contributed by atoms with Crippen LogP contribution in [0.15, 0.2) is 24.3 Å². The molecule has 0 radical (unpaired) electrons. The van der Waals surface area contributed by atoms with E-state index in [-0.39, 0.29) is 17.9 Å². The van der Waals surface area contributed by atoms with Gasteiger partial charge in [-0.15, -0.1) is 0 Å². The monoisotopic (exact) mass is 396 g/mol. The lowest BCUT2D eigenvalue weighted by molar-refractivity contribution is -0.125. The first-order valence-corrected chi connectivity index (χ1v) is 11.7. The van der Waals surface area contributed by atoms with Crippen LogP contribution in [0, 0.1) is 11.8 Å². The highest BCUT2D eigenvalue weighted by Gasteiger charge is 2.29. The molecule has 2 fully saturated rings. The summed E-state index contributed by atoms with van der Waals surface area (Å²) in [6.07, 6.45) is 9.74. The summed E-state index contributed by atoms with van der Waals surface area (Å²) in [6.45, 7) is 7.02. The molecule has 1 amide bonds. The van der Waals surface area contributed by atoms with E-state index in [0.29, 0.717) is 0 Å². The summed E-state index contributed by atoms with van der Waals surface area (Å²) in [5, 5.41) is 3.19. The van der Waals surface area contributed by atoms with E-state index in [0.717, 1.165) is 56.3 Å². The van der Waals surface area contributed by atoms with Crippen LogP contribution in [0.3, 0.4) is 0 Å². The minimum Gasteiger partial charge on any atom is -0.353 e. The molecular weight excluding hydrogens is 360 g/mol. The Bertz CT molecular complexity index is 823. The largest absolute Gasteiger partial charge is 0.353 e. The quantitative estimate of drug-likeness (QED) is 0.767. The number of para-hydroxylation sites is 2. The van der Waals surface area contributed by atoms with Crippen LogP contribution in [0.1, 0.15) is 65.2 Å². The number of benzene rings is 1. The van der Waals surface area contributed by atoms with Crippen molar-refractivity contribution in [2.75, 3.05) is 18.0 Å². The summed E-state index contributed by atoms with van der Waals surface area (Å²) < 4.78 is 2.44. The van der Waals surface area contributed by atoms with Gasteiger partial charge in [-0.1, -0.05) is 38.3 Å². The molecule has 5 nitrogen and oxygen atoms in total.